The Bertz CT molecular complexity index is 991. The van der Waals surface area contributed by atoms with Crippen molar-refractivity contribution in [3.8, 4) is 22.6 Å². The second kappa shape index (κ2) is 5.02. The highest BCUT2D eigenvalue weighted by atomic mass is 19.4. The van der Waals surface area contributed by atoms with Crippen LogP contribution in [0.3, 0.4) is 0 Å². The van der Waals surface area contributed by atoms with Gasteiger partial charge in [0.25, 0.3) is 0 Å². The van der Waals surface area contributed by atoms with E-state index in [1.165, 1.54) is 24.3 Å². The molecule has 0 amide bonds. The van der Waals surface area contributed by atoms with Crippen LogP contribution < -0.4 is 14.9 Å². The molecule has 0 aliphatic carbocycles. The van der Waals surface area contributed by atoms with Gasteiger partial charge in [-0.3, -0.25) is 4.79 Å². The minimum atomic E-state index is -4.83. The summed E-state index contributed by atoms with van der Waals surface area (Å²) in [5.74, 6) is -1.10. The predicted molar refractivity (Wildman–Crippen MR) is 79.0 cm³/mol. The zero-order valence-corrected chi connectivity index (χ0v) is 12.0. The molecule has 4 nitrogen and oxygen atoms in total. The van der Waals surface area contributed by atoms with Crippen molar-refractivity contribution in [3.63, 3.8) is 0 Å². The van der Waals surface area contributed by atoms with Gasteiger partial charge in [-0.15, -0.1) is 0 Å². The molecule has 1 aromatic heterocycles. The van der Waals surface area contributed by atoms with Gasteiger partial charge in [0.1, 0.15) is 0 Å². The molecule has 0 radical (unpaired) electrons. The van der Waals surface area contributed by atoms with E-state index in [1.807, 2.05) is 0 Å². The Morgan fingerprint density at radius 2 is 1.71 bits per heavy atom. The third kappa shape index (κ3) is 2.12. The summed E-state index contributed by atoms with van der Waals surface area (Å²) in [6.45, 7) is -0.139. The molecule has 3 aromatic rings. The van der Waals surface area contributed by atoms with E-state index in [-0.39, 0.29) is 34.8 Å². The lowest BCUT2D eigenvalue weighted by Gasteiger charge is -2.13. The quantitative estimate of drug-likeness (QED) is 0.669. The van der Waals surface area contributed by atoms with Gasteiger partial charge in [0.15, 0.2) is 11.3 Å². The average molecular weight is 334 g/mol. The van der Waals surface area contributed by atoms with Crippen LogP contribution in [0.1, 0.15) is 5.76 Å². The van der Waals surface area contributed by atoms with Gasteiger partial charge in [0, 0.05) is 0 Å². The highest BCUT2D eigenvalue weighted by molar-refractivity contribution is 5.89. The monoisotopic (exact) mass is 334 g/mol. The summed E-state index contributed by atoms with van der Waals surface area (Å²) in [5, 5.41) is 0.00565. The van der Waals surface area contributed by atoms with Crippen LogP contribution in [0.4, 0.5) is 13.2 Å². The topological polar surface area (TPSA) is 48.7 Å². The molecule has 4 rings (SSSR count). The number of fused-ring (bicyclic) bond motifs is 3. The Kier molecular flexibility index (Phi) is 3.06. The van der Waals surface area contributed by atoms with Gasteiger partial charge < -0.3 is 13.9 Å². The van der Waals surface area contributed by atoms with E-state index < -0.39 is 22.9 Å². The molecule has 0 spiro atoms. The fourth-order valence-electron chi connectivity index (χ4n) is 2.68. The fourth-order valence-corrected chi connectivity index (χ4v) is 2.68. The van der Waals surface area contributed by atoms with Crippen LogP contribution in [-0.4, -0.2) is 6.79 Å². The average Bonchev–Trinajstić information content (AvgIpc) is 3.03. The highest BCUT2D eigenvalue weighted by Crippen LogP contribution is 2.43. The van der Waals surface area contributed by atoms with Crippen LogP contribution in [0.25, 0.3) is 22.1 Å². The summed E-state index contributed by atoms with van der Waals surface area (Å²) in [6, 6.07) is 10.5. The van der Waals surface area contributed by atoms with Crippen LogP contribution in [0.5, 0.6) is 11.5 Å². The van der Waals surface area contributed by atoms with Crippen molar-refractivity contribution in [2.24, 2.45) is 0 Å². The Morgan fingerprint density at radius 3 is 2.42 bits per heavy atom. The molecule has 2 heterocycles. The molecule has 0 saturated heterocycles. The summed E-state index contributed by atoms with van der Waals surface area (Å²) < 4.78 is 55.9. The molecule has 0 fully saturated rings. The number of hydrogen-bond donors (Lipinski definition) is 0. The fraction of sp³-hybridized carbons (Fsp3) is 0.118. The first-order valence-electron chi connectivity index (χ1n) is 6.99. The van der Waals surface area contributed by atoms with Crippen LogP contribution in [-0.2, 0) is 6.18 Å². The molecule has 7 heteroatoms. The number of halogens is 3. The summed E-state index contributed by atoms with van der Waals surface area (Å²) in [6.07, 6.45) is -4.83. The van der Waals surface area contributed by atoms with Crippen molar-refractivity contribution in [1.29, 1.82) is 0 Å². The number of rotatable bonds is 1. The lowest BCUT2D eigenvalue weighted by atomic mass is 10.0. The minimum absolute atomic E-state index is 0.00565. The van der Waals surface area contributed by atoms with Gasteiger partial charge in [-0.05, 0) is 17.7 Å². The lowest BCUT2D eigenvalue weighted by Crippen LogP contribution is -2.16. The van der Waals surface area contributed by atoms with Crippen molar-refractivity contribution in [2.75, 3.05) is 6.79 Å². The van der Waals surface area contributed by atoms with Crippen LogP contribution in [0.2, 0.25) is 0 Å². The summed E-state index contributed by atoms with van der Waals surface area (Å²) in [5.41, 5.74) is -1.41. The molecular weight excluding hydrogens is 325 g/mol. The SMILES string of the molecule is O=c1c(-c2ccccc2)c(C(F)(F)F)oc2c3c(ccc12)OCO3. The van der Waals surface area contributed by atoms with Crippen molar-refractivity contribution in [3.05, 3.63) is 58.4 Å². The third-order valence-corrected chi connectivity index (χ3v) is 3.72. The zero-order chi connectivity index (χ0) is 16.9. The van der Waals surface area contributed by atoms with E-state index in [4.69, 9.17) is 13.9 Å². The van der Waals surface area contributed by atoms with Gasteiger partial charge in [-0.2, -0.15) is 13.2 Å². The van der Waals surface area contributed by atoms with Crippen LogP contribution in [0.15, 0.2) is 51.7 Å². The Morgan fingerprint density at radius 1 is 0.958 bits per heavy atom. The van der Waals surface area contributed by atoms with E-state index in [0.29, 0.717) is 0 Å². The smallest absolute Gasteiger partial charge is 0.450 e. The largest absolute Gasteiger partial charge is 0.453 e. The standard InChI is InChI=1S/C17H9F3O4/c18-17(19,20)16-12(9-4-2-1-3-5-9)13(21)10-6-7-11-15(14(10)24-16)23-8-22-11/h1-7H,8H2. The molecule has 1 aliphatic heterocycles. The molecule has 0 atom stereocenters. The van der Waals surface area contributed by atoms with E-state index in [1.54, 1.807) is 18.2 Å². The van der Waals surface area contributed by atoms with Gasteiger partial charge in [0.05, 0.1) is 10.9 Å². The van der Waals surface area contributed by atoms with Crippen LogP contribution in [0, 0.1) is 0 Å². The van der Waals surface area contributed by atoms with Crippen molar-refractivity contribution in [1.82, 2.24) is 0 Å². The number of ether oxygens (including phenoxy) is 2. The first-order chi connectivity index (χ1) is 11.5. The maximum atomic E-state index is 13.5. The normalized spacial score (nSPS) is 13.5. The molecule has 0 saturated carbocycles. The molecule has 0 N–H and O–H groups in total. The number of benzene rings is 2. The maximum Gasteiger partial charge on any atom is 0.450 e. The van der Waals surface area contributed by atoms with E-state index in [2.05, 4.69) is 0 Å². The molecule has 0 unspecified atom stereocenters. The summed E-state index contributed by atoms with van der Waals surface area (Å²) in [4.78, 5) is 12.7. The Hall–Kier alpha value is -2.96. The Balaban J connectivity index is 2.14. The van der Waals surface area contributed by atoms with Crippen LogP contribution >= 0.6 is 0 Å². The minimum Gasteiger partial charge on any atom is -0.453 e. The molecule has 1 aliphatic rings. The molecular formula is C17H9F3O4. The first-order valence-corrected chi connectivity index (χ1v) is 6.99. The van der Waals surface area contributed by atoms with E-state index in [0.717, 1.165) is 0 Å². The molecule has 24 heavy (non-hydrogen) atoms. The van der Waals surface area contributed by atoms with Gasteiger partial charge >= 0.3 is 6.18 Å². The number of hydrogen-bond acceptors (Lipinski definition) is 4. The van der Waals surface area contributed by atoms with Gasteiger partial charge in [0.2, 0.25) is 23.7 Å². The third-order valence-electron chi connectivity index (χ3n) is 3.72. The van der Waals surface area contributed by atoms with Gasteiger partial charge in [-0.25, -0.2) is 0 Å². The summed E-state index contributed by atoms with van der Waals surface area (Å²) >= 11 is 0. The predicted octanol–water partition coefficient (Wildman–Crippen LogP) is 4.21. The zero-order valence-electron chi connectivity index (χ0n) is 12.0. The highest BCUT2D eigenvalue weighted by Gasteiger charge is 2.40. The first kappa shape index (κ1) is 14.6. The number of alkyl halides is 3. The van der Waals surface area contributed by atoms with E-state index in [9.17, 15) is 18.0 Å². The molecule has 122 valence electrons. The second-order valence-electron chi connectivity index (χ2n) is 5.18. The summed E-state index contributed by atoms with van der Waals surface area (Å²) in [7, 11) is 0. The second-order valence-corrected chi connectivity index (χ2v) is 5.18. The van der Waals surface area contributed by atoms with Crippen molar-refractivity contribution < 1.29 is 27.1 Å². The maximum absolute atomic E-state index is 13.5. The van der Waals surface area contributed by atoms with E-state index >= 15 is 0 Å². The van der Waals surface area contributed by atoms with Crippen molar-refractivity contribution >= 4 is 11.0 Å². The molecule has 2 aromatic carbocycles. The molecule has 0 bridgehead atoms. The lowest BCUT2D eigenvalue weighted by molar-refractivity contribution is -0.152. The van der Waals surface area contributed by atoms with Gasteiger partial charge in [-0.1, -0.05) is 30.3 Å². The Labute approximate surface area is 133 Å². The van der Waals surface area contributed by atoms with Crippen molar-refractivity contribution in [2.45, 2.75) is 6.18 Å².